The van der Waals surface area contributed by atoms with Gasteiger partial charge in [-0.2, -0.15) is 11.3 Å². The van der Waals surface area contributed by atoms with Crippen LogP contribution in [-0.2, 0) is 0 Å². The van der Waals surface area contributed by atoms with Crippen molar-refractivity contribution in [3.05, 3.63) is 22.4 Å². The fourth-order valence-corrected chi connectivity index (χ4v) is 3.00. The molecule has 1 aliphatic rings. The van der Waals surface area contributed by atoms with E-state index in [4.69, 9.17) is 5.73 Å². The zero-order chi connectivity index (χ0) is 11.5. The summed E-state index contributed by atoms with van der Waals surface area (Å²) in [5.41, 5.74) is 7.52. The van der Waals surface area contributed by atoms with Crippen LogP contribution in [0.2, 0.25) is 0 Å². The Morgan fingerprint density at radius 3 is 3.00 bits per heavy atom. The van der Waals surface area contributed by atoms with Gasteiger partial charge in [0.15, 0.2) is 0 Å². The number of rotatable bonds is 3. The molecule has 1 saturated heterocycles. The number of likely N-dealkylation sites (N-methyl/N-ethyl adjacent to an activating group) is 2. The van der Waals surface area contributed by atoms with Gasteiger partial charge >= 0.3 is 0 Å². The van der Waals surface area contributed by atoms with Crippen molar-refractivity contribution in [2.24, 2.45) is 5.73 Å². The molecule has 1 aromatic rings. The predicted octanol–water partition coefficient (Wildman–Crippen LogP) is 1.38. The minimum absolute atomic E-state index is 0.185. The van der Waals surface area contributed by atoms with Gasteiger partial charge in [-0.15, -0.1) is 0 Å². The van der Waals surface area contributed by atoms with Crippen molar-refractivity contribution in [1.82, 2.24) is 9.80 Å². The summed E-state index contributed by atoms with van der Waals surface area (Å²) in [6.07, 6.45) is 1.05. The average Bonchev–Trinajstić information content (AvgIpc) is 2.76. The van der Waals surface area contributed by atoms with E-state index in [1.54, 1.807) is 11.3 Å². The van der Waals surface area contributed by atoms with Crippen LogP contribution in [0.3, 0.4) is 0 Å². The van der Waals surface area contributed by atoms with Crippen molar-refractivity contribution < 1.29 is 0 Å². The van der Waals surface area contributed by atoms with Crippen LogP contribution in [-0.4, -0.2) is 49.6 Å². The molecule has 2 atom stereocenters. The summed E-state index contributed by atoms with van der Waals surface area (Å²) in [6, 6.07) is 2.92. The van der Waals surface area contributed by atoms with E-state index in [1.807, 2.05) is 0 Å². The highest BCUT2D eigenvalue weighted by Gasteiger charge is 2.24. The number of hydrogen-bond donors (Lipinski definition) is 1. The van der Waals surface area contributed by atoms with Gasteiger partial charge in [0.1, 0.15) is 0 Å². The molecule has 0 amide bonds. The maximum absolute atomic E-state index is 6.24. The third kappa shape index (κ3) is 2.83. The lowest BCUT2D eigenvalue weighted by molar-refractivity contribution is 0.104. The second kappa shape index (κ2) is 5.27. The third-order valence-corrected chi connectivity index (χ3v) is 4.18. The maximum Gasteiger partial charge on any atom is 0.0318 e. The minimum Gasteiger partial charge on any atom is -0.324 e. The van der Waals surface area contributed by atoms with Crippen LogP contribution in [0.5, 0.6) is 0 Å². The molecule has 16 heavy (non-hydrogen) atoms. The van der Waals surface area contributed by atoms with E-state index >= 15 is 0 Å². The molecule has 2 rings (SSSR count). The van der Waals surface area contributed by atoms with Gasteiger partial charge in [0.25, 0.3) is 0 Å². The van der Waals surface area contributed by atoms with Crippen LogP contribution < -0.4 is 5.73 Å². The van der Waals surface area contributed by atoms with E-state index in [9.17, 15) is 0 Å². The maximum atomic E-state index is 6.24. The van der Waals surface area contributed by atoms with Crippen molar-refractivity contribution in [2.75, 3.05) is 33.7 Å². The summed E-state index contributed by atoms with van der Waals surface area (Å²) in [6.45, 7) is 3.45. The van der Waals surface area contributed by atoms with Gasteiger partial charge in [-0.1, -0.05) is 0 Å². The van der Waals surface area contributed by atoms with Gasteiger partial charge < -0.3 is 15.5 Å². The van der Waals surface area contributed by atoms with Crippen LogP contribution in [0, 0.1) is 0 Å². The Labute approximate surface area is 102 Å². The average molecular weight is 239 g/mol. The Hall–Kier alpha value is -0.420. The number of hydrogen-bond acceptors (Lipinski definition) is 4. The molecule has 2 unspecified atom stereocenters. The van der Waals surface area contributed by atoms with Gasteiger partial charge in [-0.3, -0.25) is 0 Å². The minimum atomic E-state index is 0.185. The zero-order valence-electron chi connectivity index (χ0n) is 10.1. The molecule has 90 valence electrons. The molecule has 0 radical (unpaired) electrons. The lowest BCUT2D eigenvalue weighted by atomic mass is 10.00. The van der Waals surface area contributed by atoms with E-state index in [2.05, 4.69) is 40.7 Å². The lowest BCUT2D eigenvalue weighted by Crippen LogP contribution is -2.50. The van der Waals surface area contributed by atoms with E-state index < -0.39 is 0 Å². The fourth-order valence-electron chi connectivity index (χ4n) is 2.27. The van der Waals surface area contributed by atoms with E-state index in [1.165, 1.54) is 12.1 Å². The van der Waals surface area contributed by atoms with Crippen molar-refractivity contribution >= 4 is 11.3 Å². The summed E-state index contributed by atoms with van der Waals surface area (Å²) in [7, 11) is 4.40. The third-order valence-electron chi connectivity index (χ3n) is 3.48. The summed E-state index contributed by atoms with van der Waals surface area (Å²) >= 11 is 1.73. The molecule has 0 bridgehead atoms. The summed E-state index contributed by atoms with van der Waals surface area (Å²) in [4.78, 5) is 4.83. The first-order valence-corrected chi connectivity index (χ1v) is 6.77. The Bertz CT molecular complexity index is 312. The molecule has 1 aromatic heterocycles. The Morgan fingerprint density at radius 2 is 2.31 bits per heavy atom. The number of thiophene rings is 1. The number of nitrogens with zero attached hydrogens (tertiary/aromatic N) is 2. The fraction of sp³-hybridized carbons (Fsp3) is 0.667. The molecule has 3 nitrogen and oxygen atoms in total. The highest BCUT2D eigenvalue weighted by molar-refractivity contribution is 7.07. The van der Waals surface area contributed by atoms with Gasteiger partial charge in [0, 0.05) is 31.7 Å². The van der Waals surface area contributed by atoms with Crippen molar-refractivity contribution in [3.63, 3.8) is 0 Å². The largest absolute Gasteiger partial charge is 0.324 e. The van der Waals surface area contributed by atoms with E-state index in [0.29, 0.717) is 6.04 Å². The highest BCUT2D eigenvalue weighted by atomic mass is 32.1. The Kier molecular flexibility index (Phi) is 3.97. The second-order valence-corrected chi connectivity index (χ2v) is 5.58. The topological polar surface area (TPSA) is 32.5 Å². The summed E-state index contributed by atoms with van der Waals surface area (Å²) in [5, 5.41) is 4.27. The SMILES string of the molecule is CN1CCN(C)C(CC(N)c2ccsc2)C1. The second-order valence-electron chi connectivity index (χ2n) is 4.80. The smallest absolute Gasteiger partial charge is 0.0318 e. The summed E-state index contributed by atoms with van der Waals surface area (Å²) < 4.78 is 0. The van der Waals surface area contributed by atoms with Crippen molar-refractivity contribution in [1.29, 1.82) is 0 Å². The molecule has 0 saturated carbocycles. The van der Waals surface area contributed by atoms with Crippen LogP contribution >= 0.6 is 11.3 Å². The molecule has 4 heteroatoms. The number of nitrogens with two attached hydrogens (primary N) is 1. The zero-order valence-corrected chi connectivity index (χ0v) is 10.9. The van der Waals surface area contributed by atoms with Gasteiger partial charge in [0.2, 0.25) is 0 Å². The van der Waals surface area contributed by atoms with Gasteiger partial charge in [0.05, 0.1) is 0 Å². The normalized spacial score (nSPS) is 25.8. The molecular formula is C12H21N3S. The standard InChI is InChI=1S/C12H21N3S/c1-14-4-5-15(2)11(8-14)7-12(13)10-3-6-16-9-10/h3,6,9,11-12H,4-5,7-8,13H2,1-2H3. The first-order chi connectivity index (χ1) is 7.66. The quantitative estimate of drug-likeness (QED) is 0.865. The predicted molar refractivity (Wildman–Crippen MR) is 69.8 cm³/mol. The highest BCUT2D eigenvalue weighted by Crippen LogP contribution is 2.21. The molecule has 0 aliphatic carbocycles. The molecule has 0 aromatic carbocycles. The first-order valence-electron chi connectivity index (χ1n) is 5.83. The lowest BCUT2D eigenvalue weighted by Gasteiger charge is -2.38. The Morgan fingerprint density at radius 1 is 1.50 bits per heavy atom. The van der Waals surface area contributed by atoms with Crippen LogP contribution in [0.4, 0.5) is 0 Å². The van der Waals surface area contributed by atoms with E-state index in [0.717, 1.165) is 19.5 Å². The molecule has 2 heterocycles. The molecule has 1 aliphatic heterocycles. The molecule has 2 N–H and O–H groups in total. The van der Waals surface area contributed by atoms with Crippen molar-refractivity contribution in [2.45, 2.75) is 18.5 Å². The first kappa shape index (κ1) is 12.0. The molecule has 1 fully saturated rings. The molecule has 0 spiro atoms. The van der Waals surface area contributed by atoms with Crippen LogP contribution in [0.25, 0.3) is 0 Å². The Balaban J connectivity index is 1.93. The monoisotopic (exact) mass is 239 g/mol. The number of piperazine rings is 1. The van der Waals surface area contributed by atoms with E-state index in [-0.39, 0.29) is 6.04 Å². The summed E-state index contributed by atoms with van der Waals surface area (Å²) in [5.74, 6) is 0. The van der Waals surface area contributed by atoms with Crippen LogP contribution in [0.1, 0.15) is 18.0 Å². The molecular weight excluding hydrogens is 218 g/mol. The van der Waals surface area contributed by atoms with Crippen molar-refractivity contribution in [3.8, 4) is 0 Å². The van der Waals surface area contributed by atoms with Gasteiger partial charge in [-0.25, -0.2) is 0 Å². The van der Waals surface area contributed by atoms with Crippen LogP contribution in [0.15, 0.2) is 16.8 Å². The van der Waals surface area contributed by atoms with Gasteiger partial charge in [-0.05, 0) is 42.9 Å².